The minimum atomic E-state index is 0.0847. The van der Waals surface area contributed by atoms with Gasteiger partial charge in [-0.05, 0) is 48.7 Å². The van der Waals surface area contributed by atoms with Crippen molar-refractivity contribution in [3.8, 4) is 0 Å². The number of halogens is 2. The molecule has 1 nitrogen and oxygen atoms in total. The Kier molecular flexibility index (Phi) is 4.28. The number of benzene rings is 2. The highest BCUT2D eigenvalue weighted by Crippen LogP contribution is 2.23. The fraction of sp³-hybridized carbons (Fsp3) is 0.188. The Labute approximate surface area is 123 Å². The van der Waals surface area contributed by atoms with Crippen molar-refractivity contribution in [2.24, 2.45) is 0 Å². The minimum Gasteiger partial charge on any atom is -0.294 e. The standard InChI is InChI=1S/C16H14Cl2O/c1-10-3-5-13(7-11(10)2)16(19)9-12-4-6-14(17)15(18)8-12/h3-8H,9H2,1-2H3. The predicted molar refractivity (Wildman–Crippen MR) is 80.4 cm³/mol. The van der Waals surface area contributed by atoms with Crippen molar-refractivity contribution < 1.29 is 4.79 Å². The lowest BCUT2D eigenvalue weighted by Crippen LogP contribution is -2.04. The SMILES string of the molecule is Cc1ccc(C(=O)Cc2ccc(Cl)c(Cl)c2)cc1C. The van der Waals surface area contributed by atoms with E-state index in [1.165, 1.54) is 5.56 Å². The van der Waals surface area contributed by atoms with Gasteiger partial charge >= 0.3 is 0 Å². The number of rotatable bonds is 3. The van der Waals surface area contributed by atoms with Gasteiger partial charge in [0.2, 0.25) is 0 Å². The van der Waals surface area contributed by atoms with E-state index in [1.54, 1.807) is 12.1 Å². The van der Waals surface area contributed by atoms with Crippen molar-refractivity contribution >= 4 is 29.0 Å². The lowest BCUT2D eigenvalue weighted by Gasteiger charge is -2.06. The van der Waals surface area contributed by atoms with Crippen LogP contribution in [-0.4, -0.2) is 5.78 Å². The summed E-state index contributed by atoms with van der Waals surface area (Å²) in [5.41, 5.74) is 3.91. The molecule has 0 aliphatic rings. The van der Waals surface area contributed by atoms with Crippen molar-refractivity contribution in [2.75, 3.05) is 0 Å². The first-order valence-corrected chi connectivity index (χ1v) is 6.77. The summed E-state index contributed by atoms with van der Waals surface area (Å²) in [4.78, 5) is 12.2. The topological polar surface area (TPSA) is 17.1 Å². The highest BCUT2D eigenvalue weighted by molar-refractivity contribution is 6.42. The Morgan fingerprint density at radius 2 is 1.68 bits per heavy atom. The normalized spacial score (nSPS) is 10.5. The number of ketones is 1. The van der Waals surface area contributed by atoms with E-state index in [2.05, 4.69) is 0 Å². The highest BCUT2D eigenvalue weighted by Gasteiger charge is 2.09. The van der Waals surface area contributed by atoms with Gasteiger partial charge < -0.3 is 0 Å². The van der Waals surface area contributed by atoms with E-state index in [-0.39, 0.29) is 5.78 Å². The smallest absolute Gasteiger partial charge is 0.167 e. The van der Waals surface area contributed by atoms with E-state index < -0.39 is 0 Å². The molecule has 0 aliphatic carbocycles. The van der Waals surface area contributed by atoms with Gasteiger partial charge in [0.1, 0.15) is 0 Å². The molecule has 0 unspecified atom stereocenters. The van der Waals surface area contributed by atoms with Gasteiger partial charge in [-0.2, -0.15) is 0 Å². The van der Waals surface area contributed by atoms with E-state index in [4.69, 9.17) is 23.2 Å². The van der Waals surface area contributed by atoms with Crippen molar-refractivity contribution in [1.29, 1.82) is 0 Å². The molecular formula is C16H14Cl2O. The van der Waals surface area contributed by atoms with Crippen LogP contribution in [0.1, 0.15) is 27.0 Å². The van der Waals surface area contributed by atoms with Crippen LogP contribution in [0.25, 0.3) is 0 Å². The molecule has 0 N–H and O–H groups in total. The molecule has 0 heterocycles. The average molecular weight is 293 g/mol. The molecule has 98 valence electrons. The lowest BCUT2D eigenvalue weighted by molar-refractivity contribution is 0.0993. The number of hydrogen-bond acceptors (Lipinski definition) is 1. The maximum absolute atomic E-state index is 12.2. The second kappa shape index (κ2) is 5.77. The minimum absolute atomic E-state index is 0.0847. The van der Waals surface area contributed by atoms with Gasteiger partial charge in [0, 0.05) is 12.0 Å². The van der Waals surface area contributed by atoms with Gasteiger partial charge in [0.15, 0.2) is 5.78 Å². The van der Waals surface area contributed by atoms with Gasteiger partial charge in [-0.3, -0.25) is 4.79 Å². The summed E-state index contributed by atoms with van der Waals surface area (Å²) in [6.45, 7) is 4.04. The first-order chi connectivity index (χ1) is 8.97. The molecule has 2 rings (SSSR count). The van der Waals surface area contributed by atoms with Gasteiger partial charge in [0.05, 0.1) is 10.0 Å². The molecule has 2 aromatic carbocycles. The van der Waals surface area contributed by atoms with Crippen LogP contribution >= 0.6 is 23.2 Å². The third-order valence-electron chi connectivity index (χ3n) is 3.18. The Hall–Kier alpha value is -1.31. The average Bonchev–Trinajstić information content (AvgIpc) is 2.37. The van der Waals surface area contributed by atoms with Gasteiger partial charge in [0.25, 0.3) is 0 Å². The van der Waals surface area contributed by atoms with Gasteiger partial charge in [-0.1, -0.05) is 41.4 Å². The molecule has 3 heteroatoms. The van der Waals surface area contributed by atoms with E-state index in [0.29, 0.717) is 16.5 Å². The van der Waals surface area contributed by atoms with E-state index in [1.807, 2.05) is 38.1 Å². The van der Waals surface area contributed by atoms with E-state index >= 15 is 0 Å². The molecule has 0 saturated heterocycles. The zero-order valence-corrected chi connectivity index (χ0v) is 12.3. The van der Waals surface area contributed by atoms with Crippen LogP contribution in [0.4, 0.5) is 0 Å². The largest absolute Gasteiger partial charge is 0.294 e. The van der Waals surface area contributed by atoms with Crippen LogP contribution in [0.15, 0.2) is 36.4 Å². The summed E-state index contributed by atoms with van der Waals surface area (Å²) in [5.74, 6) is 0.0847. The Balaban J connectivity index is 2.20. The van der Waals surface area contributed by atoms with Crippen LogP contribution in [0.5, 0.6) is 0 Å². The third kappa shape index (κ3) is 3.37. The second-order valence-corrected chi connectivity index (χ2v) is 5.46. The van der Waals surface area contributed by atoms with E-state index in [9.17, 15) is 4.79 Å². The molecule has 0 aliphatic heterocycles. The number of hydrogen-bond donors (Lipinski definition) is 0. The molecule has 0 radical (unpaired) electrons. The molecule has 0 saturated carbocycles. The lowest BCUT2D eigenvalue weighted by atomic mass is 9.99. The van der Waals surface area contributed by atoms with E-state index in [0.717, 1.165) is 16.7 Å². The number of carbonyl (C=O) groups excluding carboxylic acids is 1. The van der Waals surface area contributed by atoms with Crippen LogP contribution in [0.3, 0.4) is 0 Å². The summed E-state index contributed by atoms with van der Waals surface area (Å²) in [6, 6.07) is 11.0. The maximum atomic E-state index is 12.2. The van der Waals surface area contributed by atoms with Crippen LogP contribution in [-0.2, 0) is 6.42 Å². The quantitative estimate of drug-likeness (QED) is 0.725. The predicted octanol–water partition coefficient (Wildman–Crippen LogP) is 5.04. The van der Waals surface area contributed by atoms with Crippen LogP contribution < -0.4 is 0 Å². The highest BCUT2D eigenvalue weighted by atomic mass is 35.5. The fourth-order valence-electron chi connectivity index (χ4n) is 1.85. The monoisotopic (exact) mass is 292 g/mol. The molecule has 0 amide bonds. The molecule has 19 heavy (non-hydrogen) atoms. The zero-order valence-electron chi connectivity index (χ0n) is 10.8. The Morgan fingerprint density at radius 1 is 0.947 bits per heavy atom. The fourth-order valence-corrected chi connectivity index (χ4v) is 2.17. The van der Waals surface area contributed by atoms with Crippen LogP contribution in [0.2, 0.25) is 10.0 Å². The zero-order chi connectivity index (χ0) is 14.0. The van der Waals surface area contributed by atoms with Crippen molar-refractivity contribution in [1.82, 2.24) is 0 Å². The number of aryl methyl sites for hydroxylation is 2. The van der Waals surface area contributed by atoms with Crippen molar-refractivity contribution in [3.63, 3.8) is 0 Å². The Bertz CT molecular complexity index is 633. The summed E-state index contributed by atoms with van der Waals surface area (Å²) < 4.78 is 0. The summed E-state index contributed by atoms with van der Waals surface area (Å²) in [5, 5.41) is 0.982. The van der Waals surface area contributed by atoms with Gasteiger partial charge in [-0.25, -0.2) is 0 Å². The molecule has 0 bridgehead atoms. The number of Topliss-reactive ketones (excluding diaryl/α,β-unsaturated/α-hetero) is 1. The molecular weight excluding hydrogens is 279 g/mol. The number of carbonyl (C=O) groups is 1. The van der Waals surface area contributed by atoms with Gasteiger partial charge in [-0.15, -0.1) is 0 Å². The summed E-state index contributed by atoms with van der Waals surface area (Å²) in [6.07, 6.45) is 0.333. The van der Waals surface area contributed by atoms with Crippen molar-refractivity contribution in [2.45, 2.75) is 20.3 Å². The molecule has 0 aromatic heterocycles. The third-order valence-corrected chi connectivity index (χ3v) is 3.92. The molecule has 0 atom stereocenters. The Morgan fingerprint density at radius 3 is 2.32 bits per heavy atom. The van der Waals surface area contributed by atoms with Crippen LogP contribution in [0, 0.1) is 13.8 Å². The first kappa shape index (κ1) is 14.1. The summed E-state index contributed by atoms with van der Waals surface area (Å²) >= 11 is 11.8. The summed E-state index contributed by atoms with van der Waals surface area (Å²) in [7, 11) is 0. The first-order valence-electron chi connectivity index (χ1n) is 6.02. The maximum Gasteiger partial charge on any atom is 0.167 e. The molecule has 0 fully saturated rings. The molecule has 2 aromatic rings. The molecule has 0 spiro atoms. The second-order valence-electron chi connectivity index (χ2n) is 4.65. The van der Waals surface area contributed by atoms with Crippen molar-refractivity contribution in [3.05, 3.63) is 68.7 Å².